The number of aryl methyl sites for hydroxylation is 1. The molecule has 0 spiro atoms. The van der Waals surface area contributed by atoms with Crippen LogP contribution in [0.4, 0.5) is 0 Å². The largest absolute Gasteiger partial charge is 0.392 e. The van der Waals surface area contributed by atoms with E-state index in [0.29, 0.717) is 6.61 Å². The van der Waals surface area contributed by atoms with E-state index in [1.165, 1.54) is 5.56 Å². The lowest BCUT2D eigenvalue weighted by molar-refractivity contribution is 0.159. The Morgan fingerprint density at radius 2 is 1.93 bits per heavy atom. The van der Waals surface area contributed by atoms with E-state index < -0.39 is 0 Å². The van der Waals surface area contributed by atoms with Crippen LogP contribution in [0.5, 0.6) is 0 Å². The second-order valence-electron chi connectivity index (χ2n) is 3.32. The fourth-order valence-corrected chi connectivity index (χ4v) is 1.32. The van der Waals surface area contributed by atoms with Gasteiger partial charge in [0.2, 0.25) is 0 Å². The molecule has 0 aliphatic heterocycles. The van der Waals surface area contributed by atoms with Gasteiger partial charge in [0.05, 0.1) is 13.2 Å². The van der Waals surface area contributed by atoms with Crippen LogP contribution in [0.15, 0.2) is 42.5 Å². The van der Waals surface area contributed by atoms with Crippen LogP contribution in [0, 0.1) is 0 Å². The van der Waals surface area contributed by atoms with Gasteiger partial charge in [0.1, 0.15) is 0 Å². The summed E-state index contributed by atoms with van der Waals surface area (Å²) in [4.78, 5) is 0. The van der Waals surface area contributed by atoms with E-state index in [9.17, 15) is 0 Å². The van der Waals surface area contributed by atoms with Gasteiger partial charge >= 0.3 is 0 Å². The highest BCUT2D eigenvalue weighted by Crippen LogP contribution is 2.02. The first-order valence-electron chi connectivity index (χ1n) is 5.31. The molecule has 0 aliphatic carbocycles. The summed E-state index contributed by atoms with van der Waals surface area (Å²) in [7, 11) is 0. The van der Waals surface area contributed by atoms with Crippen LogP contribution in [0.25, 0.3) is 0 Å². The molecule has 1 aromatic carbocycles. The number of aliphatic hydroxyl groups is 1. The molecule has 0 atom stereocenters. The van der Waals surface area contributed by atoms with Gasteiger partial charge in [-0.3, -0.25) is 0 Å². The fourth-order valence-electron chi connectivity index (χ4n) is 1.32. The van der Waals surface area contributed by atoms with Crippen molar-refractivity contribution in [2.24, 2.45) is 0 Å². The van der Waals surface area contributed by atoms with E-state index >= 15 is 0 Å². The number of rotatable bonds is 7. The molecule has 1 rings (SSSR count). The SMILES string of the molecule is OC/C=C\COCCCc1ccccc1. The fraction of sp³-hybridized carbons (Fsp3) is 0.385. The molecular formula is C13H18O2. The van der Waals surface area contributed by atoms with Crippen LogP contribution in [-0.4, -0.2) is 24.9 Å². The molecule has 0 radical (unpaired) electrons. The Bertz CT molecular complexity index is 267. The predicted octanol–water partition coefficient (Wildman–Crippen LogP) is 2.18. The molecule has 0 fully saturated rings. The Balaban J connectivity index is 2.00. The van der Waals surface area contributed by atoms with Crippen molar-refractivity contribution in [1.29, 1.82) is 0 Å². The minimum atomic E-state index is 0.0907. The molecule has 0 saturated carbocycles. The minimum Gasteiger partial charge on any atom is -0.392 e. The monoisotopic (exact) mass is 206 g/mol. The maximum absolute atomic E-state index is 8.48. The number of hydrogen-bond acceptors (Lipinski definition) is 2. The van der Waals surface area contributed by atoms with Crippen molar-refractivity contribution in [2.75, 3.05) is 19.8 Å². The molecular weight excluding hydrogens is 188 g/mol. The van der Waals surface area contributed by atoms with Crippen molar-refractivity contribution < 1.29 is 9.84 Å². The minimum absolute atomic E-state index is 0.0907. The van der Waals surface area contributed by atoms with Gasteiger partial charge in [0.25, 0.3) is 0 Å². The maximum Gasteiger partial charge on any atom is 0.0648 e. The van der Waals surface area contributed by atoms with Gasteiger partial charge in [-0.05, 0) is 18.4 Å². The van der Waals surface area contributed by atoms with Crippen molar-refractivity contribution in [3.05, 3.63) is 48.0 Å². The van der Waals surface area contributed by atoms with Crippen LogP contribution in [0.3, 0.4) is 0 Å². The molecule has 0 aliphatic rings. The summed E-state index contributed by atoms with van der Waals surface area (Å²) >= 11 is 0. The number of aliphatic hydroxyl groups excluding tert-OH is 1. The number of hydrogen-bond donors (Lipinski definition) is 1. The Morgan fingerprint density at radius 1 is 1.13 bits per heavy atom. The van der Waals surface area contributed by atoms with Crippen molar-refractivity contribution in [2.45, 2.75) is 12.8 Å². The second kappa shape index (κ2) is 8.21. The third-order valence-corrected chi connectivity index (χ3v) is 2.08. The lowest BCUT2D eigenvalue weighted by Gasteiger charge is -2.01. The third-order valence-electron chi connectivity index (χ3n) is 2.08. The molecule has 1 aromatic rings. The molecule has 2 heteroatoms. The highest BCUT2D eigenvalue weighted by atomic mass is 16.5. The van der Waals surface area contributed by atoms with Gasteiger partial charge in [-0.1, -0.05) is 42.5 Å². The normalized spacial score (nSPS) is 11.0. The van der Waals surface area contributed by atoms with Crippen molar-refractivity contribution in [1.82, 2.24) is 0 Å². The Morgan fingerprint density at radius 3 is 2.67 bits per heavy atom. The Labute approximate surface area is 91.2 Å². The van der Waals surface area contributed by atoms with Crippen LogP contribution >= 0.6 is 0 Å². The van der Waals surface area contributed by atoms with Crippen molar-refractivity contribution >= 4 is 0 Å². The summed E-state index contributed by atoms with van der Waals surface area (Å²) in [6.07, 6.45) is 5.63. The predicted molar refractivity (Wildman–Crippen MR) is 61.8 cm³/mol. The summed E-state index contributed by atoms with van der Waals surface area (Å²) in [5.41, 5.74) is 1.35. The van der Waals surface area contributed by atoms with Gasteiger partial charge in [-0.2, -0.15) is 0 Å². The van der Waals surface area contributed by atoms with E-state index in [2.05, 4.69) is 24.3 Å². The maximum atomic E-state index is 8.48. The number of ether oxygens (including phenoxy) is 1. The van der Waals surface area contributed by atoms with Crippen molar-refractivity contribution in [3.63, 3.8) is 0 Å². The molecule has 0 unspecified atom stereocenters. The smallest absolute Gasteiger partial charge is 0.0648 e. The summed E-state index contributed by atoms with van der Waals surface area (Å²) in [6.45, 7) is 1.45. The second-order valence-corrected chi connectivity index (χ2v) is 3.32. The average Bonchev–Trinajstić information content (AvgIpc) is 2.29. The van der Waals surface area contributed by atoms with Gasteiger partial charge in [0, 0.05) is 6.61 Å². The standard InChI is InChI=1S/C13H18O2/c14-10-4-5-11-15-12-6-9-13-7-2-1-3-8-13/h1-5,7-8,14H,6,9-12H2/b5-4-. The molecule has 0 amide bonds. The van der Waals surface area contributed by atoms with Crippen LogP contribution in [-0.2, 0) is 11.2 Å². The van der Waals surface area contributed by atoms with Crippen LogP contribution in [0.1, 0.15) is 12.0 Å². The summed E-state index contributed by atoms with van der Waals surface area (Å²) in [6, 6.07) is 10.4. The first kappa shape index (κ1) is 12.0. The summed E-state index contributed by atoms with van der Waals surface area (Å²) in [5.74, 6) is 0. The van der Waals surface area contributed by atoms with Gasteiger partial charge < -0.3 is 9.84 Å². The highest BCUT2D eigenvalue weighted by molar-refractivity contribution is 5.14. The Hall–Kier alpha value is -1.12. The van der Waals surface area contributed by atoms with Gasteiger partial charge in [0.15, 0.2) is 0 Å². The van der Waals surface area contributed by atoms with Crippen LogP contribution in [0.2, 0.25) is 0 Å². The van der Waals surface area contributed by atoms with E-state index in [1.807, 2.05) is 12.1 Å². The average molecular weight is 206 g/mol. The zero-order valence-electron chi connectivity index (χ0n) is 8.93. The van der Waals surface area contributed by atoms with Crippen LogP contribution < -0.4 is 0 Å². The number of benzene rings is 1. The van der Waals surface area contributed by atoms with E-state index in [0.717, 1.165) is 19.4 Å². The first-order valence-corrected chi connectivity index (χ1v) is 5.31. The topological polar surface area (TPSA) is 29.5 Å². The summed E-state index contributed by atoms with van der Waals surface area (Å²) < 4.78 is 5.36. The quantitative estimate of drug-likeness (QED) is 0.547. The molecule has 82 valence electrons. The highest BCUT2D eigenvalue weighted by Gasteiger charge is 1.91. The zero-order valence-corrected chi connectivity index (χ0v) is 8.93. The van der Waals surface area contributed by atoms with Gasteiger partial charge in [-0.15, -0.1) is 0 Å². The lowest BCUT2D eigenvalue weighted by Crippen LogP contribution is -1.96. The molecule has 0 saturated heterocycles. The molecule has 0 bridgehead atoms. The first-order chi connectivity index (χ1) is 7.43. The van der Waals surface area contributed by atoms with E-state index in [-0.39, 0.29) is 6.61 Å². The lowest BCUT2D eigenvalue weighted by atomic mass is 10.1. The van der Waals surface area contributed by atoms with Crippen molar-refractivity contribution in [3.8, 4) is 0 Å². The zero-order chi connectivity index (χ0) is 10.8. The van der Waals surface area contributed by atoms with E-state index in [1.54, 1.807) is 6.08 Å². The molecule has 0 aromatic heterocycles. The van der Waals surface area contributed by atoms with Gasteiger partial charge in [-0.25, -0.2) is 0 Å². The molecule has 15 heavy (non-hydrogen) atoms. The third kappa shape index (κ3) is 6.05. The molecule has 1 N–H and O–H groups in total. The van der Waals surface area contributed by atoms with E-state index in [4.69, 9.17) is 9.84 Å². The molecule has 2 nitrogen and oxygen atoms in total. The molecule has 0 heterocycles. The Kier molecular flexibility index (Phi) is 6.54. The summed E-state index contributed by atoms with van der Waals surface area (Å²) in [5, 5.41) is 8.48.